The molecule has 0 aliphatic carbocycles. The number of nitrogens with one attached hydrogen (secondary N) is 1. The lowest BCUT2D eigenvalue weighted by molar-refractivity contribution is 1.05. The van der Waals surface area contributed by atoms with Crippen LogP contribution in [-0.4, -0.2) is 4.98 Å². The zero-order valence-electron chi connectivity index (χ0n) is 8.94. The van der Waals surface area contributed by atoms with Crippen molar-refractivity contribution in [1.82, 2.24) is 4.98 Å². The molecule has 1 aromatic heterocycles. The van der Waals surface area contributed by atoms with Crippen LogP contribution < -0.4 is 5.73 Å². The topological polar surface area (TPSA) is 41.8 Å². The third kappa shape index (κ3) is 1.23. The lowest BCUT2D eigenvalue weighted by atomic mass is 10.1. The highest BCUT2D eigenvalue weighted by molar-refractivity contribution is 5.87. The van der Waals surface area contributed by atoms with E-state index in [2.05, 4.69) is 37.9 Å². The highest BCUT2D eigenvalue weighted by atomic mass is 14.7. The third-order valence-corrected chi connectivity index (χ3v) is 2.77. The zero-order valence-corrected chi connectivity index (χ0v) is 8.94. The molecule has 0 amide bonds. The molecule has 2 rings (SSSR count). The standard InChI is InChI=1S/C12H16N2/c1-7-4-8(2)12-10(5-7)11(6-13)9(3)14-12/h4-5,14H,6,13H2,1-3H3. The van der Waals surface area contributed by atoms with Crippen molar-refractivity contribution in [2.45, 2.75) is 27.3 Å². The molecule has 74 valence electrons. The van der Waals surface area contributed by atoms with Crippen LogP contribution in [0.2, 0.25) is 0 Å². The van der Waals surface area contributed by atoms with Crippen LogP contribution in [0.1, 0.15) is 22.4 Å². The Hall–Kier alpha value is -1.28. The Labute approximate surface area is 84.1 Å². The van der Waals surface area contributed by atoms with Gasteiger partial charge in [0, 0.05) is 23.1 Å². The molecular formula is C12H16N2. The highest BCUT2D eigenvalue weighted by Crippen LogP contribution is 2.25. The van der Waals surface area contributed by atoms with Gasteiger partial charge in [0.1, 0.15) is 0 Å². The maximum atomic E-state index is 5.74. The van der Waals surface area contributed by atoms with Gasteiger partial charge in [-0.25, -0.2) is 0 Å². The van der Waals surface area contributed by atoms with Crippen LogP contribution in [-0.2, 0) is 6.54 Å². The van der Waals surface area contributed by atoms with Gasteiger partial charge in [0.15, 0.2) is 0 Å². The van der Waals surface area contributed by atoms with Crippen molar-refractivity contribution in [2.75, 3.05) is 0 Å². The third-order valence-electron chi connectivity index (χ3n) is 2.77. The molecule has 3 N–H and O–H groups in total. The molecule has 1 heterocycles. The smallest absolute Gasteiger partial charge is 0.0489 e. The number of benzene rings is 1. The summed E-state index contributed by atoms with van der Waals surface area (Å²) in [5, 5.41) is 1.28. The zero-order chi connectivity index (χ0) is 10.3. The number of hydrogen-bond acceptors (Lipinski definition) is 1. The summed E-state index contributed by atoms with van der Waals surface area (Å²) < 4.78 is 0. The van der Waals surface area contributed by atoms with Crippen molar-refractivity contribution in [1.29, 1.82) is 0 Å². The fourth-order valence-electron chi connectivity index (χ4n) is 2.10. The van der Waals surface area contributed by atoms with Crippen molar-refractivity contribution in [2.24, 2.45) is 5.73 Å². The summed E-state index contributed by atoms with van der Waals surface area (Å²) in [5.74, 6) is 0. The van der Waals surface area contributed by atoms with Gasteiger partial charge in [0.25, 0.3) is 0 Å². The second-order valence-electron chi connectivity index (χ2n) is 3.94. The summed E-state index contributed by atoms with van der Waals surface area (Å²) >= 11 is 0. The predicted molar refractivity (Wildman–Crippen MR) is 60.4 cm³/mol. The van der Waals surface area contributed by atoms with Crippen molar-refractivity contribution in [3.05, 3.63) is 34.5 Å². The number of hydrogen-bond donors (Lipinski definition) is 2. The van der Waals surface area contributed by atoms with Gasteiger partial charge >= 0.3 is 0 Å². The van der Waals surface area contributed by atoms with E-state index in [0.717, 1.165) is 0 Å². The molecule has 0 bridgehead atoms. The lowest BCUT2D eigenvalue weighted by Gasteiger charge is -2.00. The molecule has 14 heavy (non-hydrogen) atoms. The summed E-state index contributed by atoms with van der Waals surface area (Å²) in [7, 11) is 0. The van der Waals surface area contributed by atoms with Crippen LogP contribution in [0.25, 0.3) is 10.9 Å². The van der Waals surface area contributed by atoms with Gasteiger partial charge in [-0.2, -0.15) is 0 Å². The molecule has 2 nitrogen and oxygen atoms in total. The number of aryl methyl sites for hydroxylation is 3. The Morgan fingerprint density at radius 2 is 1.93 bits per heavy atom. The largest absolute Gasteiger partial charge is 0.358 e. The summed E-state index contributed by atoms with van der Waals surface area (Å²) in [6.45, 7) is 6.94. The van der Waals surface area contributed by atoms with Gasteiger partial charge < -0.3 is 10.7 Å². The molecule has 0 aliphatic rings. The van der Waals surface area contributed by atoms with Crippen LogP contribution in [0.3, 0.4) is 0 Å². The van der Waals surface area contributed by atoms with Crippen LogP contribution >= 0.6 is 0 Å². The monoisotopic (exact) mass is 188 g/mol. The maximum absolute atomic E-state index is 5.74. The van der Waals surface area contributed by atoms with E-state index in [-0.39, 0.29) is 0 Å². The van der Waals surface area contributed by atoms with E-state index in [9.17, 15) is 0 Å². The van der Waals surface area contributed by atoms with Crippen LogP contribution in [0.15, 0.2) is 12.1 Å². The van der Waals surface area contributed by atoms with Gasteiger partial charge in [0.2, 0.25) is 0 Å². The minimum Gasteiger partial charge on any atom is -0.358 e. The summed E-state index contributed by atoms with van der Waals surface area (Å²) in [4.78, 5) is 3.39. The van der Waals surface area contributed by atoms with Gasteiger partial charge in [0.05, 0.1) is 0 Å². The van der Waals surface area contributed by atoms with Crippen molar-refractivity contribution in [3.63, 3.8) is 0 Å². The number of aromatic amines is 1. The molecule has 2 heteroatoms. The summed E-state index contributed by atoms with van der Waals surface area (Å²) in [6, 6.07) is 4.40. The Bertz CT molecular complexity index is 481. The first-order chi connectivity index (χ1) is 6.63. The van der Waals surface area contributed by atoms with Crippen molar-refractivity contribution >= 4 is 10.9 Å². The maximum Gasteiger partial charge on any atom is 0.0489 e. The van der Waals surface area contributed by atoms with E-state index < -0.39 is 0 Å². The summed E-state index contributed by atoms with van der Waals surface area (Å²) in [6.07, 6.45) is 0. The van der Waals surface area contributed by atoms with E-state index in [1.165, 1.54) is 33.3 Å². The molecule has 2 aromatic rings. The first-order valence-electron chi connectivity index (χ1n) is 4.92. The highest BCUT2D eigenvalue weighted by Gasteiger charge is 2.08. The number of fused-ring (bicyclic) bond motifs is 1. The predicted octanol–water partition coefficient (Wildman–Crippen LogP) is 2.55. The van der Waals surface area contributed by atoms with E-state index >= 15 is 0 Å². The Morgan fingerprint density at radius 3 is 2.57 bits per heavy atom. The molecule has 0 saturated carbocycles. The van der Waals surface area contributed by atoms with Crippen LogP contribution in [0.4, 0.5) is 0 Å². The number of H-pyrrole nitrogens is 1. The summed E-state index contributed by atoms with van der Waals surface area (Å²) in [5.41, 5.74) is 12.0. The molecular weight excluding hydrogens is 172 g/mol. The van der Waals surface area contributed by atoms with E-state index in [4.69, 9.17) is 5.73 Å². The van der Waals surface area contributed by atoms with Crippen molar-refractivity contribution < 1.29 is 0 Å². The molecule has 0 radical (unpaired) electrons. The Balaban J connectivity index is 2.87. The quantitative estimate of drug-likeness (QED) is 0.709. The first kappa shape index (κ1) is 9.28. The van der Waals surface area contributed by atoms with Gasteiger partial charge in [-0.1, -0.05) is 11.6 Å². The molecule has 0 aliphatic heterocycles. The molecule has 0 atom stereocenters. The Morgan fingerprint density at radius 1 is 1.21 bits per heavy atom. The second-order valence-corrected chi connectivity index (χ2v) is 3.94. The number of nitrogens with two attached hydrogens (primary N) is 1. The first-order valence-corrected chi connectivity index (χ1v) is 4.92. The Kier molecular flexibility index (Phi) is 2.08. The fourth-order valence-corrected chi connectivity index (χ4v) is 2.10. The average Bonchev–Trinajstić information content (AvgIpc) is 2.41. The van der Waals surface area contributed by atoms with E-state index in [1.54, 1.807) is 0 Å². The lowest BCUT2D eigenvalue weighted by Crippen LogP contribution is -1.96. The molecule has 0 unspecified atom stereocenters. The minimum absolute atomic E-state index is 0.606. The van der Waals surface area contributed by atoms with Gasteiger partial charge in [-0.15, -0.1) is 0 Å². The molecule has 1 aromatic carbocycles. The van der Waals surface area contributed by atoms with Crippen LogP contribution in [0.5, 0.6) is 0 Å². The average molecular weight is 188 g/mol. The normalized spacial score (nSPS) is 11.1. The molecule has 0 fully saturated rings. The van der Waals surface area contributed by atoms with Gasteiger partial charge in [-0.3, -0.25) is 0 Å². The minimum atomic E-state index is 0.606. The van der Waals surface area contributed by atoms with Crippen LogP contribution in [0, 0.1) is 20.8 Å². The fraction of sp³-hybridized carbons (Fsp3) is 0.333. The number of aromatic nitrogens is 1. The van der Waals surface area contributed by atoms with E-state index in [0.29, 0.717) is 6.54 Å². The van der Waals surface area contributed by atoms with Crippen molar-refractivity contribution in [3.8, 4) is 0 Å². The number of rotatable bonds is 1. The van der Waals surface area contributed by atoms with E-state index in [1.807, 2.05) is 0 Å². The second kappa shape index (κ2) is 3.14. The molecule has 0 spiro atoms. The van der Waals surface area contributed by atoms with Gasteiger partial charge in [-0.05, 0) is 38.0 Å². The SMILES string of the molecule is Cc1cc(C)c2[nH]c(C)c(CN)c2c1. The molecule has 0 saturated heterocycles.